The summed E-state index contributed by atoms with van der Waals surface area (Å²) in [7, 11) is -4.38. The Morgan fingerprint density at radius 2 is 2.27 bits per heavy atom. The van der Waals surface area contributed by atoms with Gasteiger partial charge in [-0.05, 0) is 20.8 Å². The topological polar surface area (TPSA) is 182 Å². The quantitative estimate of drug-likeness (QED) is 0.366. The lowest BCUT2D eigenvalue weighted by Crippen LogP contribution is -2.50. The second kappa shape index (κ2) is 8.15. The third-order valence-electron chi connectivity index (χ3n) is 5.10. The molecule has 0 saturated carbocycles. The Morgan fingerprint density at radius 3 is 2.97 bits per heavy atom. The van der Waals surface area contributed by atoms with E-state index < -0.39 is 57.0 Å². The van der Waals surface area contributed by atoms with Crippen LogP contribution < -0.4 is 5.73 Å². The van der Waals surface area contributed by atoms with Gasteiger partial charge in [0.15, 0.2) is 17.1 Å². The summed E-state index contributed by atoms with van der Waals surface area (Å²) in [5.74, 6) is 0.00814. The number of anilines is 1. The van der Waals surface area contributed by atoms with Gasteiger partial charge in [-0.25, -0.2) is 32.8 Å². The molecule has 2 saturated heterocycles. The van der Waals surface area contributed by atoms with Crippen LogP contribution >= 0.6 is 7.82 Å². The van der Waals surface area contributed by atoms with Crippen molar-refractivity contribution in [3.8, 4) is 6.07 Å². The number of rotatable bonds is 5. The first-order chi connectivity index (χ1) is 15.5. The van der Waals surface area contributed by atoms with Crippen molar-refractivity contribution in [1.29, 1.82) is 5.26 Å². The fourth-order valence-electron chi connectivity index (χ4n) is 3.59. The molecule has 2 aromatic heterocycles. The fourth-order valence-corrected chi connectivity index (χ4v) is 4.91. The average Bonchev–Trinajstić information content (AvgIpc) is 3.26. The number of phosphoric acid groups is 1. The lowest BCUT2D eigenvalue weighted by atomic mass is 9.82. The van der Waals surface area contributed by atoms with Crippen LogP contribution in [0.1, 0.15) is 26.5 Å². The van der Waals surface area contributed by atoms with Gasteiger partial charge in [-0.2, -0.15) is 10.4 Å². The lowest BCUT2D eigenvalue weighted by Gasteiger charge is -2.34. The van der Waals surface area contributed by atoms with Crippen LogP contribution in [0.15, 0.2) is 12.5 Å². The SMILES string of the molecule is CC(C)OC(=O)OCOP1(=O)OCC2OC(C#N)(c3cnc4c(N)ncnn34)C(C)(F)C2O1. The number of hydrogen-bond donors (Lipinski definition) is 1. The summed E-state index contributed by atoms with van der Waals surface area (Å²) in [6.45, 7) is 2.99. The molecule has 14 nitrogen and oxygen atoms in total. The van der Waals surface area contributed by atoms with E-state index in [4.69, 9.17) is 28.8 Å². The molecule has 4 rings (SSSR count). The molecule has 0 bridgehead atoms. The molecule has 0 aliphatic carbocycles. The van der Waals surface area contributed by atoms with Crippen LogP contribution in [0.25, 0.3) is 5.65 Å². The molecular formula is C17H20FN6O8P. The average molecular weight is 486 g/mol. The van der Waals surface area contributed by atoms with Crippen LogP contribution in [0.4, 0.5) is 15.0 Å². The van der Waals surface area contributed by atoms with Gasteiger partial charge < -0.3 is 19.9 Å². The van der Waals surface area contributed by atoms with Crippen molar-refractivity contribution in [3.63, 3.8) is 0 Å². The number of carbonyl (C=O) groups excluding carboxylic acids is 1. The Labute approximate surface area is 186 Å². The second-order valence-electron chi connectivity index (χ2n) is 7.63. The second-order valence-corrected chi connectivity index (χ2v) is 9.25. The van der Waals surface area contributed by atoms with E-state index >= 15 is 4.39 Å². The number of nitrogens with two attached hydrogens (primary N) is 1. The first-order valence-electron chi connectivity index (χ1n) is 9.66. The van der Waals surface area contributed by atoms with Crippen LogP contribution in [-0.4, -0.2) is 63.1 Å². The highest BCUT2D eigenvalue weighted by Crippen LogP contribution is 2.61. The molecular weight excluding hydrogens is 466 g/mol. The van der Waals surface area contributed by atoms with Crippen LogP contribution in [0.2, 0.25) is 0 Å². The Bertz CT molecular complexity index is 1170. The predicted molar refractivity (Wildman–Crippen MR) is 104 cm³/mol. The number of alkyl halides is 1. The normalized spacial score (nSPS) is 33.6. The zero-order valence-electron chi connectivity index (χ0n) is 17.7. The van der Waals surface area contributed by atoms with Crippen molar-refractivity contribution >= 4 is 25.4 Å². The van der Waals surface area contributed by atoms with E-state index in [2.05, 4.69) is 19.8 Å². The zero-order valence-corrected chi connectivity index (χ0v) is 18.6. The number of nitriles is 1. The number of ether oxygens (including phenoxy) is 3. The molecule has 2 N–H and O–H groups in total. The van der Waals surface area contributed by atoms with E-state index in [1.807, 2.05) is 6.07 Å². The molecule has 0 spiro atoms. The molecule has 178 valence electrons. The van der Waals surface area contributed by atoms with Gasteiger partial charge in [0, 0.05) is 0 Å². The first-order valence-corrected chi connectivity index (χ1v) is 11.1. The summed E-state index contributed by atoms with van der Waals surface area (Å²) < 4.78 is 60.7. The molecule has 5 atom stereocenters. The van der Waals surface area contributed by atoms with E-state index in [9.17, 15) is 14.6 Å². The Morgan fingerprint density at radius 1 is 1.52 bits per heavy atom. The van der Waals surface area contributed by atoms with Crippen LogP contribution in [0, 0.1) is 11.3 Å². The Balaban J connectivity index is 1.58. The van der Waals surface area contributed by atoms with Gasteiger partial charge in [-0.1, -0.05) is 0 Å². The van der Waals surface area contributed by atoms with Crippen molar-refractivity contribution in [2.24, 2.45) is 0 Å². The third-order valence-corrected chi connectivity index (χ3v) is 6.47. The predicted octanol–water partition coefficient (Wildman–Crippen LogP) is 1.61. The van der Waals surface area contributed by atoms with E-state index in [1.165, 1.54) is 6.20 Å². The van der Waals surface area contributed by atoms with E-state index in [0.29, 0.717) is 0 Å². The van der Waals surface area contributed by atoms with E-state index in [1.54, 1.807) is 13.8 Å². The Hall–Kier alpha value is -2.89. The summed E-state index contributed by atoms with van der Waals surface area (Å²) in [5.41, 5.74) is 0.927. The number of imidazole rings is 1. The van der Waals surface area contributed by atoms with Gasteiger partial charge in [0.2, 0.25) is 12.4 Å². The van der Waals surface area contributed by atoms with Gasteiger partial charge in [0.1, 0.15) is 30.3 Å². The maximum atomic E-state index is 16.3. The van der Waals surface area contributed by atoms with Crippen molar-refractivity contribution in [2.45, 2.75) is 50.4 Å². The number of nitrogen functional groups attached to an aromatic ring is 1. The molecule has 0 aromatic carbocycles. The van der Waals surface area contributed by atoms with Gasteiger partial charge in [-0.15, -0.1) is 0 Å². The van der Waals surface area contributed by atoms with Crippen LogP contribution in [0.3, 0.4) is 0 Å². The molecule has 0 radical (unpaired) electrons. The molecule has 16 heteroatoms. The molecule has 33 heavy (non-hydrogen) atoms. The monoisotopic (exact) mass is 486 g/mol. The van der Waals surface area contributed by atoms with E-state index in [0.717, 1.165) is 17.8 Å². The maximum Gasteiger partial charge on any atom is 0.510 e. The maximum absolute atomic E-state index is 16.3. The first kappa shape index (κ1) is 23.3. The number of carbonyl (C=O) groups is 1. The molecule has 2 fully saturated rings. The lowest BCUT2D eigenvalue weighted by molar-refractivity contribution is -0.0873. The smallest absolute Gasteiger partial charge is 0.432 e. The van der Waals surface area contributed by atoms with E-state index in [-0.39, 0.29) is 17.2 Å². The molecule has 5 unspecified atom stereocenters. The largest absolute Gasteiger partial charge is 0.510 e. The van der Waals surface area contributed by atoms with Crippen molar-refractivity contribution in [1.82, 2.24) is 19.6 Å². The third kappa shape index (κ3) is 3.79. The number of nitrogens with zero attached hydrogens (tertiary/aromatic N) is 5. The molecule has 2 aliphatic heterocycles. The number of aromatic nitrogens is 4. The summed E-state index contributed by atoms with van der Waals surface area (Å²) in [5, 5.41) is 14.0. The summed E-state index contributed by atoms with van der Waals surface area (Å²) in [4.78, 5) is 19.3. The molecule has 2 aromatic rings. The highest BCUT2D eigenvalue weighted by Gasteiger charge is 2.71. The number of halogens is 1. The van der Waals surface area contributed by atoms with Gasteiger partial charge in [0.05, 0.1) is 18.9 Å². The highest BCUT2D eigenvalue weighted by atomic mass is 31.2. The Kier molecular flexibility index (Phi) is 5.75. The minimum Gasteiger partial charge on any atom is -0.432 e. The van der Waals surface area contributed by atoms with Gasteiger partial charge in [-0.3, -0.25) is 9.05 Å². The van der Waals surface area contributed by atoms with Crippen molar-refractivity contribution in [2.75, 3.05) is 19.1 Å². The van der Waals surface area contributed by atoms with Gasteiger partial charge in [0.25, 0.3) is 0 Å². The number of hydrogen-bond acceptors (Lipinski definition) is 13. The van der Waals surface area contributed by atoms with Gasteiger partial charge >= 0.3 is 14.0 Å². The summed E-state index contributed by atoms with van der Waals surface area (Å²) in [6, 6.07) is 1.83. The molecule has 0 amide bonds. The zero-order chi connectivity index (χ0) is 24.0. The molecule has 4 heterocycles. The molecule has 2 aliphatic rings. The summed E-state index contributed by atoms with van der Waals surface area (Å²) in [6.07, 6.45) is -1.90. The fraction of sp³-hybridized carbons (Fsp3) is 0.588. The van der Waals surface area contributed by atoms with Crippen LogP contribution in [0.5, 0.6) is 0 Å². The van der Waals surface area contributed by atoms with Crippen molar-refractivity contribution < 1.29 is 41.5 Å². The summed E-state index contributed by atoms with van der Waals surface area (Å²) >= 11 is 0. The minimum atomic E-state index is -4.38. The van der Waals surface area contributed by atoms with Crippen molar-refractivity contribution in [3.05, 3.63) is 18.2 Å². The highest BCUT2D eigenvalue weighted by molar-refractivity contribution is 7.48. The standard InChI is InChI=1S/C17H20FN6O8P/c1-9(2)30-15(25)27-8-29-33(26)28-5-10-12(32-33)16(3,18)17(6-19,31-10)11-4-21-14-13(20)22-7-23-24(11)14/h4,7,9-10,12H,5,8H2,1-3H3,(H2,20,22,23). The minimum absolute atomic E-state index is 0.00814. The number of phosphoric ester groups is 1. The number of fused-ring (bicyclic) bond motifs is 2. The van der Waals surface area contributed by atoms with Crippen LogP contribution in [-0.2, 0) is 37.9 Å².